The van der Waals surface area contributed by atoms with Crippen LogP contribution < -0.4 is 9.47 Å². The van der Waals surface area contributed by atoms with Crippen LogP contribution in [0.1, 0.15) is 43.5 Å². The van der Waals surface area contributed by atoms with Gasteiger partial charge in [-0.2, -0.15) is 36.5 Å². The number of carbonyl (C=O) groups excluding carboxylic acids is 2. The first kappa shape index (κ1) is 41.4. The SMILES string of the molecule is Cc1cc(C(=O)Cc2cnc(OCC(F)(F)F)c(-c3ccc(Cl)cc3)c2)n[nH]1.Cc1cc(C(=O)Cc2cnc(OCC(F)(F)F)c(-c3ccc(Cl)cc3)c2)n[nH]1. The molecule has 2 aromatic carbocycles. The number of carbonyl (C=O) groups is 2. The number of nitrogens with one attached hydrogen (secondary N) is 2. The maximum absolute atomic E-state index is 12.5. The van der Waals surface area contributed by atoms with E-state index in [4.69, 9.17) is 32.7 Å². The summed E-state index contributed by atoms with van der Waals surface area (Å²) >= 11 is 11.8. The second-order valence-corrected chi connectivity index (χ2v) is 13.2. The highest BCUT2D eigenvalue weighted by atomic mass is 35.5. The number of nitrogens with zero attached hydrogens (tertiary/aromatic N) is 4. The fraction of sp³-hybridized carbons (Fsp3) is 0.211. The maximum Gasteiger partial charge on any atom is 0.422 e. The van der Waals surface area contributed by atoms with Gasteiger partial charge in [0.05, 0.1) is 0 Å². The van der Waals surface area contributed by atoms with Crippen LogP contribution in [0, 0.1) is 13.8 Å². The van der Waals surface area contributed by atoms with Gasteiger partial charge in [0.1, 0.15) is 11.4 Å². The third kappa shape index (κ3) is 12.1. The Kier molecular flexibility index (Phi) is 13.2. The number of pyridine rings is 2. The summed E-state index contributed by atoms with van der Waals surface area (Å²) in [4.78, 5) is 32.7. The molecule has 10 nitrogen and oxygen atoms in total. The van der Waals surface area contributed by atoms with Crippen LogP contribution in [-0.2, 0) is 12.8 Å². The summed E-state index contributed by atoms with van der Waals surface area (Å²) in [6.45, 7) is 0.615. The Bertz CT molecular complexity index is 2130. The lowest BCUT2D eigenvalue weighted by Gasteiger charge is -2.13. The summed E-state index contributed by atoms with van der Waals surface area (Å²) < 4.78 is 85.0. The minimum Gasteiger partial charge on any atom is -0.468 e. The molecular weight excluding hydrogens is 789 g/mol. The maximum atomic E-state index is 12.5. The van der Waals surface area contributed by atoms with Gasteiger partial charge in [-0.15, -0.1) is 0 Å². The lowest BCUT2D eigenvalue weighted by molar-refractivity contribution is -0.154. The number of ether oxygens (including phenoxy) is 2. The predicted octanol–water partition coefficient (Wildman–Crippen LogP) is 9.60. The van der Waals surface area contributed by atoms with Crippen molar-refractivity contribution in [2.24, 2.45) is 0 Å². The second kappa shape index (κ2) is 17.8. The number of aryl methyl sites for hydroxylation is 2. The monoisotopic (exact) mass is 818 g/mol. The largest absolute Gasteiger partial charge is 0.468 e. The summed E-state index contributed by atoms with van der Waals surface area (Å²) in [6, 6.07) is 19.4. The van der Waals surface area contributed by atoms with Gasteiger partial charge in [0.25, 0.3) is 0 Å². The molecule has 0 spiro atoms. The Labute approximate surface area is 325 Å². The Morgan fingerprint density at radius 1 is 0.607 bits per heavy atom. The lowest BCUT2D eigenvalue weighted by atomic mass is 10.0. The van der Waals surface area contributed by atoms with Gasteiger partial charge < -0.3 is 9.47 Å². The molecule has 0 aliphatic heterocycles. The number of alkyl halides is 6. The third-order valence-corrected chi connectivity index (χ3v) is 8.09. The molecule has 4 aromatic heterocycles. The van der Waals surface area contributed by atoms with E-state index in [0.717, 1.165) is 11.4 Å². The van der Waals surface area contributed by atoms with Crippen molar-refractivity contribution in [3.63, 3.8) is 0 Å². The molecular formula is C38H30Cl2F6N6O4. The first-order valence-corrected chi connectivity index (χ1v) is 17.2. The fourth-order valence-electron chi connectivity index (χ4n) is 5.06. The number of aromatic nitrogens is 6. The van der Waals surface area contributed by atoms with Gasteiger partial charge in [-0.25, -0.2) is 9.97 Å². The van der Waals surface area contributed by atoms with Crippen molar-refractivity contribution < 1.29 is 45.4 Å². The van der Waals surface area contributed by atoms with Crippen LogP contribution in [0.5, 0.6) is 11.8 Å². The van der Waals surface area contributed by atoms with Gasteiger partial charge in [0.15, 0.2) is 24.8 Å². The van der Waals surface area contributed by atoms with Crippen LogP contribution in [0.3, 0.4) is 0 Å². The van der Waals surface area contributed by atoms with Crippen molar-refractivity contribution in [3.05, 3.63) is 129 Å². The molecule has 0 radical (unpaired) electrons. The highest BCUT2D eigenvalue weighted by Gasteiger charge is 2.30. The molecule has 0 bridgehead atoms. The summed E-state index contributed by atoms with van der Waals surface area (Å²) in [5.41, 5.74) is 4.92. The molecule has 18 heteroatoms. The molecule has 2 N–H and O–H groups in total. The standard InChI is InChI=1S/2C19H15ClF3N3O2/c2*1-11-6-16(26-25-11)17(27)8-12-7-15(13-2-4-14(20)5-3-13)18(24-9-12)28-10-19(21,22)23/h2*2-7,9H,8,10H2,1H3,(H,25,26). The number of benzene rings is 2. The van der Waals surface area contributed by atoms with Crippen molar-refractivity contribution in [3.8, 4) is 34.0 Å². The molecule has 6 rings (SSSR count). The molecule has 0 saturated heterocycles. The van der Waals surface area contributed by atoms with Gasteiger partial charge in [0, 0.05) is 57.8 Å². The minimum absolute atomic E-state index is 0.00255. The van der Waals surface area contributed by atoms with E-state index in [1.54, 1.807) is 86.6 Å². The molecule has 0 aliphatic rings. The second-order valence-electron chi connectivity index (χ2n) is 12.3. The highest BCUT2D eigenvalue weighted by Crippen LogP contribution is 2.33. The van der Waals surface area contributed by atoms with E-state index < -0.39 is 25.6 Å². The van der Waals surface area contributed by atoms with E-state index in [0.29, 0.717) is 43.4 Å². The molecule has 4 heterocycles. The van der Waals surface area contributed by atoms with Gasteiger partial charge in [-0.1, -0.05) is 47.5 Å². The first-order chi connectivity index (χ1) is 26.4. The summed E-state index contributed by atoms with van der Waals surface area (Å²) in [5.74, 6) is -0.827. The van der Waals surface area contributed by atoms with Gasteiger partial charge in [-0.05, 0) is 84.6 Å². The number of hydrogen-bond donors (Lipinski definition) is 2. The van der Waals surface area contributed by atoms with Crippen molar-refractivity contribution in [1.29, 1.82) is 0 Å². The zero-order chi connectivity index (χ0) is 40.6. The van der Waals surface area contributed by atoms with Crippen LogP contribution >= 0.6 is 23.2 Å². The zero-order valence-electron chi connectivity index (χ0n) is 29.4. The quantitative estimate of drug-likeness (QED) is 0.0921. The molecule has 0 atom stereocenters. The molecule has 0 unspecified atom stereocenters. The first-order valence-electron chi connectivity index (χ1n) is 16.4. The molecule has 0 amide bonds. The number of aromatic amines is 2. The van der Waals surface area contributed by atoms with Crippen molar-refractivity contribution in [1.82, 2.24) is 30.4 Å². The third-order valence-electron chi connectivity index (χ3n) is 7.58. The van der Waals surface area contributed by atoms with Crippen LogP contribution in [0.25, 0.3) is 22.3 Å². The van der Waals surface area contributed by atoms with Gasteiger partial charge >= 0.3 is 12.4 Å². The Morgan fingerprint density at radius 2 is 0.964 bits per heavy atom. The molecule has 0 fully saturated rings. The molecule has 292 valence electrons. The number of halogens is 8. The Balaban J connectivity index is 0.000000214. The average Bonchev–Trinajstić information content (AvgIpc) is 3.79. The summed E-state index contributed by atoms with van der Waals surface area (Å²) in [5, 5.41) is 14.2. The van der Waals surface area contributed by atoms with Crippen molar-refractivity contribution >= 4 is 34.8 Å². The minimum atomic E-state index is -4.49. The van der Waals surface area contributed by atoms with E-state index in [1.807, 2.05) is 0 Å². The number of H-pyrrole nitrogens is 2. The number of rotatable bonds is 12. The van der Waals surface area contributed by atoms with Gasteiger partial charge in [-0.3, -0.25) is 19.8 Å². The van der Waals surface area contributed by atoms with E-state index in [1.165, 1.54) is 12.4 Å². The fourth-order valence-corrected chi connectivity index (χ4v) is 5.31. The van der Waals surface area contributed by atoms with Crippen LogP contribution in [0.4, 0.5) is 26.3 Å². The van der Waals surface area contributed by atoms with Crippen LogP contribution in [0.15, 0.2) is 85.2 Å². The molecule has 6 aromatic rings. The Hall–Kier alpha value is -5.74. The number of Topliss-reactive ketones (excluding diaryl/α,β-unsaturated/α-hetero) is 2. The number of hydrogen-bond acceptors (Lipinski definition) is 8. The predicted molar refractivity (Wildman–Crippen MR) is 195 cm³/mol. The molecule has 56 heavy (non-hydrogen) atoms. The zero-order valence-corrected chi connectivity index (χ0v) is 30.9. The topological polar surface area (TPSA) is 136 Å². The van der Waals surface area contributed by atoms with Crippen LogP contribution in [-0.4, -0.2) is 67.5 Å². The molecule has 0 saturated carbocycles. The lowest BCUT2D eigenvalue weighted by Crippen LogP contribution is -2.20. The van der Waals surface area contributed by atoms with E-state index in [9.17, 15) is 35.9 Å². The van der Waals surface area contributed by atoms with E-state index >= 15 is 0 Å². The van der Waals surface area contributed by atoms with Crippen molar-refractivity contribution in [2.45, 2.75) is 39.0 Å². The van der Waals surface area contributed by atoms with E-state index in [-0.39, 0.29) is 47.6 Å². The van der Waals surface area contributed by atoms with Gasteiger partial charge in [0.2, 0.25) is 11.8 Å². The normalized spacial score (nSPS) is 11.5. The smallest absolute Gasteiger partial charge is 0.422 e. The van der Waals surface area contributed by atoms with Crippen molar-refractivity contribution in [2.75, 3.05) is 13.2 Å². The number of ketones is 2. The average molecular weight is 820 g/mol. The summed E-state index contributed by atoms with van der Waals surface area (Å²) in [7, 11) is 0. The summed E-state index contributed by atoms with van der Waals surface area (Å²) in [6.07, 6.45) is -6.35. The van der Waals surface area contributed by atoms with E-state index in [2.05, 4.69) is 30.4 Å². The Morgan fingerprint density at radius 3 is 1.27 bits per heavy atom. The molecule has 0 aliphatic carbocycles. The van der Waals surface area contributed by atoms with Crippen LogP contribution in [0.2, 0.25) is 10.0 Å². The highest BCUT2D eigenvalue weighted by molar-refractivity contribution is 6.31.